The van der Waals surface area contributed by atoms with Crippen LogP contribution in [0.1, 0.15) is 12.5 Å². The highest BCUT2D eigenvalue weighted by atomic mass is 35.5. The van der Waals surface area contributed by atoms with Gasteiger partial charge in [0.15, 0.2) is 0 Å². The molecule has 0 saturated carbocycles. The van der Waals surface area contributed by atoms with E-state index in [2.05, 4.69) is 5.32 Å². The van der Waals surface area contributed by atoms with Crippen LogP contribution < -0.4 is 5.32 Å². The van der Waals surface area contributed by atoms with Gasteiger partial charge in [0, 0.05) is 16.5 Å². The molecule has 0 aliphatic rings. The van der Waals surface area contributed by atoms with E-state index in [0.717, 1.165) is 29.8 Å². The Labute approximate surface area is 132 Å². The molecule has 5 heteroatoms. The van der Waals surface area contributed by atoms with E-state index in [0.29, 0.717) is 21.7 Å². The van der Waals surface area contributed by atoms with Crippen molar-refractivity contribution >= 4 is 23.4 Å². The Hall–Kier alpha value is -1.10. The Kier molecular flexibility index (Phi) is 6.03. The quantitative estimate of drug-likeness (QED) is 0.710. The van der Waals surface area contributed by atoms with Crippen LogP contribution in [0.2, 0.25) is 5.02 Å². The van der Waals surface area contributed by atoms with Crippen molar-refractivity contribution in [2.24, 2.45) is 0 Å². The Morgan fingerprint density at radius 1 is 1.10 bits per heavy atom. The Bertz CT molecular complexity index is 587. The molecule has 0 atom stereocenters. The van der Waals surface area contributed by atoms with Crippen LogP contribution in [0.25, 0.3) is 11.1 Å². The molecule has 0 unspecified atom stereocenters. The summed E-state index contributed by atoms with van der Waals surface area (Å²) in [6.45, 7) is 3.67. The zero-order chi connectivity index (χ0) is 15.2. The zero-order valence-electron chi connectivity index (χ0n) is 11.6. The van der Waals surface area contributed by atoms with Gasteiger partial charge in [-0.05, 0) is 41.4 Å². The molecule has 2 aromatic rings. The van der Waals surface area contributed by atoms with Gasteiger partial charge in [0.2, 0.25) is 0 Å². The molecule has 1 nitrogen and oxygen atoms in total. The lowest BCUT2D eigenvalue weighted by Crippen LogP contribution is -2.11. The summed E-state index contributed by atoms with van der Waals surface area (Å²) in [6.07, 6.45) is 0. The van der Waals surface area contributed by atoms with E-state index >= 15 is 0 Å². The number of rotatable bonds is 6. The second-order valence-corrected chi connectivity index (χ2v) is 5.96. The third kappa shape index (κ3) is 4.70. The van der Waals surface area contributed by atoms with E-state index in [9.17, 15) is 8.78 Å². The smallest absolute Gasteiger partial charge is 0.288 e. The number of thioether (sulfide) groups is 1. The molecule has 21 heavy (non-hydrogen) atoms. The molecule has 0 aliphatic heterocycles. The summed E-state index contributed by atoms with van der Waals surface area (Å²) < 4.78 is 24.6. The standard InChI is InChI=1S/C16H16ClF2NS/c1-2-20-10-13-4-3-12(9-15(13)17)11-5-7-14(8-6-11)21-16(18)19/h3-9,16,20H,2,10H2,1H3. The van der Waals surface area contributed by atoms with Gasteiger partial charge in [0.25, 0.3) is 5.76 Å². The first-order valence-electron chi connectivity index (χ1n) is 6.64. The molecule has 0 spiro atoms. The maximum absolute atomic E-state index is 12.3. The van der Waals surface area contributed by atoms with E-state index in [1.807, 2.05) is 37.3 Å². The SMILES string of the molecule is CCNCc1ccc(-c2ccc(SC(F)F)cc2)cc1Cl. The van der Waals surface area contributed by atoms with Gasteiger partial charge in [-0.2, -0.15) is 8.78 Å². The normalized spacial score (nSPS) is 11.1. The monoisotopic (exact) mass is 327 g/mol. The molecule has 2 rings (SSSR count). The molecule has 2 aromatic carbocycles. The number of nitrogens with one attached hydrogen (secondary N) is 1. The maximum atomic E-state index is 12.3. The first-order chi connectivity index (χ1) is 10.1. The summed E-state index contributed by atoms with van der Waals surface area (Å²) in [5.41, 5.74) is 2.99. The van der Waals surface area contributed by atoms with Gasteiger partial charge in [0.1, 0.15) is 0 Å². The Morgan fingerprint density at radius 3 is 2.33 bits per heavy atom. The maximum Gasteiger partial charge on any atom is 0.288 e. The lowest BCUT2D eigenvalue weighted by Gasteiger charge is -2.08. The summed E-state index contributed by atoms with van der Waals surface area (Å²) in [5, 5.41) is 3.94. The van der Waals surface area contributed by atoms with E-state index < -0.39 is 5.76 Å². The molecule has 1 N–H and O–H groups in total. The van der Waals surface area contributed by atoms with E-state index in [-0.39, 0.29) is 0 Å². The van der Waals surface area contributed by atoms with E-state index in [4.69, 9.17) is 11.6 Å². The fourth-order valence-electron chi connectivity index (χ4n) is 1.96. The number of hydrogen-bond donors (Lipinski definition) is 1. The van der Waals surface area contributed by atoms with Crippen molar-refractivity contribution in [3.63, 3.8) is 0 Å². The summed E-state index contributed by atoms with van der Waals surface area (Å²) in [7, 11) is 0. The zero-order valence-corrected chi connectivity index (χ0v) is 13.1. The second-order valence-electron chi connectivity index (χ2n) is 4.49. The van der Waals surface area contributed by atoms with Crippen LogP contribution in [0, 0.1) is 0 Å². The Balaban J connectivity index is 2.16. The molecular formula is C16H16ClF2NS. The van der Waals surface area contributed by atoms with E-state index in [1.54, 1.807) is 12.1 Å². The molecule has 112 valence electrons. The van der Waals surface area contributed by atoms with Gasteiger partial charge in [0.05, 0.1) is 0 Å². The third-order valence-corrected chi connectivity index (χ3v) is 4.11. The minimum Gasteiger partial charge on any atom is -0.313 e. The first kappa shape index (κ1) is 16.3. The summed E-state index contributed by atoms with van der Waals surface area (Å²) in [4.78, 5) is 0.559. The van der Waals surface area contributed by atoms with Crippen LogP contribution in [-0.2, 0) is 6.54 Å². The van der Waals surface area contributed by atoms with Crippen molar-refractivity contribution < 1.29 is 8.78 Å². The second kappa shape index (κ2) is 7.78. The van der Waals surface area contributed by atoms with Gasteiger partial charge in [-0.15, -0.1) is 0 Å². The fraction of sp³-hybridized carbons (Fsp3) is 0.250. The van der Waals surface area contributed by atoms with Crippen molar-refractivity contribution in [3.05, 3.63) is 53.1 Å². The van der Waals surface area contributed by atoms with Crippen LogP contribution in [0.4, 0.5) is 8.78 Å². The van der Waals surface area contributed by atoms with Gasteiger partial charge in [-0.1, -0.05) is 54.6 Å². The van der Waals surface area contributed by atoms with Crippen molar-refractivity contribution in [2.75, 3.05) is 6.54 Å². The average Bonchev–Trinajstić information content (AvgIpc) is 2.46. The predicted octanol–water partition coefficient (Wildman–Crippen LogP) is 5.43. The molecule has 0 aromatic heterocycles. The van der Waals surface area contributed by atoms with E-state index in [1.165, 1.54) is 0 Å². The van der Waals surface area contributed by atoms with Crippen LogP contribution in [0.15, 0.2) is 47.4 Å². The predicted molar refractivity (Wildman–Crippen MR) is 86.1 cm³/mol. The molecule has 0 amide bonds. The van der Waals surface area contributed by atoms with Crippen LogP contribution >= 0.6 is 23.4 Å². The molecule has 0 saturated heterocycles. The highest BCUT2D eigenvalue weighted by molar-refractivity contribution is 7.99. The van der Waals surface area contributed by atoms with Crippen molar-refractivity contribution in [3.8, 4) is 11.1 Å². The minimum absolute atomic E-state index is 0.549. The van der Waals surface area contributed by atoms with Crippen LogP contribution in [0.5, 0.6) is 0 Å². The van der Waals surface area contributed by atoms with Crippen LogP contribution in [-0.4, -0.2) is 12.3 Å². The largest absolute Gasteiger partial charge is 0.313 e. The van der Waals surface area contributed by atoms with Crippen molar-refractivity contribution in [1.29, 1.82) is 0 Å². The Morgan fingerprint density at radius 2 is 1.76 bits per heavy atom. The van der Waals surface area contributed by atoms with Crippen molar-refractivity contribution in [1.82, 2.24) is 5.32 Å². The van der Waals surface area contributed by atoms with Gasteiger partial charge >= 0.3 is 0 Å². The van der Waals surface area contributed by atoms with Crippen LogP contribution in [0.3, 0.4) is 0 Å². The third-order valence-electron chi connectivity index (χ3n) is 3.03. The molecule has 0 heterocycles. The summed E-state index contributed by atoms with van der Waals surface area (Å²) in [6, 6.07) is 13.0. The lowest BCUT2D eigenvalue weighted by molar-refractivity contribution is 0.252. The summed E-state index contributed by atoms with van der Waals surface area (Å²) >= 11 is 6.82. The lowest BCUT2D eigenvalue weighted by atomic mass is 10.0. The molecule has 0 fully saturated rings. The molecule has 0 aliphatic carbocycles. The molecule has 0 bridgehead atoms. The van der Waals surface area contributed by atoms with Gasteiger partial charge < -0.3 is 5.32 Å². The van der Waals surface area contributed by atoms with Gasteiger partial charge in [-0.25, -0.2) is 0 Å². The number of hydrogen-bond acceptors (Lipinski definition) is 2. The topological polar surface area (TPSA) is 12.0 Å². The van der Waals surface area contributed by atoms with Gasteiger partial charge in [-0.3, -0.25) is 0 Å². The molecule has 0 radical (unpaired) electrons. The number of halogens is 3. The van der Waals surface area contributed by atoms with Crippen molar-refractivity contribution in [2.45, 2.75) is 24.1 Å². The average molecular weight is 328 g/mol. The molecular weight excluding hydrogens is 312 g/mol. The number of benzene rings is 2. The highest BCUT2D eigenvalue weighted by Gasteiger charge is 2.07. The highest BCUT2D eigenvalue weighted by Crippen LogP contribution is 2.29. The number of alkyl halides is 2. The minimum atomic E-state index is -2.39. The summed E-state index contributed by atoms with van der Waals surface area (Å²) in [5.74, 6) is -2.39. The first-order valence-corrected chi connectivity index (χ1v) is 7.90. The fourth-order valence-corrected chi connectivity index (χ4v) is 2.71.